The molecule has 0 radical (unpaired) electrons. The second kappa shape index (κ2) is 5.79. The van der Waals surface area contributed by atoms with E-state index in [0.717, 1.165) is 24.8 Å². The summed E-state index contributed by atoms with van der Waals surface area (Å²) in [5.74, 6) is -0.171. The number of rotatable bonds is 3. The first kappa shape index (κ1) is 13.5. The minimum absolute atomic E-state index is 0.0657. The molecule has 0 saturated heterocycles. The van der Waals surface area contributed by atoms with E-state index in [1.54, 1.807) is 0 Å². The Bertz CT molecular complexity index is 397. The first-order chi connectivity index (χ1) is 8.56. The van der Waals surface area contributed by atoms with Crippen LogP contribution in [0.15, 0.2) is 18.2 Å². The smallest absolute Gasteiger partial charge is 0.130 e. The van der Waals surface area contributed by atoms with Crippen LogP contribution < -0.4 is 5.32 Å². The summed E-state index contributed by atoms with van der Waals surface area (Å²) >= 11 is 0. The Hall–Kier alpha value is -0.960. The molecule has 1 N–H and O–H groups in total. The molecule has 0 amide bonds. The standard InChI is InChI=1S/C15H21F2N/c1-10-3-6-13(7-4-10)18-11(2)14-8-5-12(16)9-15(14)17/h5,8-11,13,18H,3-4,6-7H2,1-2H3. The van der Waals surface area contributed by atoms with Crippen molar-refractivity contribution < 1.29 is 8.78 Å². The summed E-state index contributed by atoms with van der Waals surface area (Å²) < 4.78 is 26.5. The molecule has 2 rings (SSSR count). The van der Waals surface area contributed by atoms with Crippen LogP contribution in [0.4, 0.5) is 8.78 Å². The molecule has 0 aliphatic heterocycles. The molecule has 1 fully saturated rings. The van der Waals surface area contributed by atoms with Crippen LogP contribution in [0.2, 0.25) is 0 Å². The van der Waals surface area contributed by atoms with Gasteiger partial charge in [0.25, 0.3) is 0 Å². The van der Waals surface area contributed by atoms with E-state index in [9.17, 15) is 8.78 Å². The maximum atomic E-state index is 13.6. The molecule has 0 bridgehead atoms. The van der Waals surface area contributed by atoms with Crippen LogP contribution in [-0.2, 0) is 0 Å². The van der Waals surface area contributed by atoms with E-state index in [4.69, 9.17) is 0 Å². The van der Waals surface area contributed by atoms with Crippen molar-refractivity contribution in [3.8, 4) is 0 Å². The maximum Gasteiger partial charge on any atom is 0.130 e. The Kier molecular flexibility index (Phi) is 4.33. The van der Waals surface area contributed by atoms with E-state index in [1.807, 2.05) is 6.92 Å². The molecule has 0 spiro atoms. The fraction of sp³-hybridized carbons (Fsp3) is 0.600. The molecule has 18 heavy (non-hydrogen) atoms. The van der Waals surface area contributed by atoms with Crippen molar-refractivity contribution in [2.24, 2.45) is 5.92 Å². The highest BCUT2D eigenvalue weighted by Gasteiger charge is 2.21. The van der Waals surface area contributed by atoms with Crippen LogP contribution >= 0.6 is 0 Å². The highest BCUT2D eigenvalue weighted by molar-refractivity contribution is 5.21. The zero-order valence-electron chi connectivity index (χ0n) is 11.0. The molecule has 0 aromatic heterocycles. The van der Waals surface area contributed by atoms with Crippen LogP contribution in [0, 0.1) is 17.6 Å². The average Bonchev–Trinajstić information content (AvgIpc) is 2.32. The van der Waals surface area contributed by atoms with E-state index >= 15 is 0 Å². The topological polar surface area (TPSA) is 12.0 Å². The van der Waals surface area contributed by atoms with E-state index in [-0.39, 0.29) is 6.04 Å². The van der Waals surface area contributed by atoms with Gasteiger partial charge in [0.2, 0.25) is 0 Å². The summed E-state index contributed by atoms with van der Waals surface area (Å²) in [5, 5.41) is 3.45. The van der Waals surface area contributed by atoms with Crippen LogP contribution in [0.5, 0.6) is 0 Å². The van der Waals surface area contributed by atoms with Crippen molar-refractivity contribution in [1.29, 1.82) is 0 Å². The minimum Gasteiger partial charge on any atom is -0.307 e. The lowest BCUT2D eigenvalue weighted by molar-refractivity contribution is 0.290. The first-order valence-electron chi connectivity index (χ1n) is 6.77. The summed E-state index contributed by atoms with van der Waals surface area (Å²) in [5.41, 5.74) is 0.551. The SMILES string of the molecule is CC1CCC(NC(C)c2ccc(F)cc2F)CC1. The van der Waals surface area contributed by atoms with Crippen molar-refractivity contribution in [2.75, 3.05) is 0 Å². The third kappa shape index (κ3) is 3.29. The van der Waals surface area contributed by atoms with Crippen molar-refractivity contribution in [3.63, 3.8) is 0 Å². The van der Waals surface area contributed by atoms with Gasteiger partial charge in [-0.3, -0.25) is 0 Å². The van der Waals surface area contributed by atoms with Crippen LogP contribution in [0.25, 0.3) is 0 Å². The Morgan fingerprint density at radius 3 is 2.44 bits per heavy atom. The van der Waals surface area contributed by atoms with Gasteiger partial charge in [0.1, 0.15) is 11.6 Å². The molecule has 3 heteroatoms. The lowest BCUT2D eigenvalue weighted by atomic mass is 9.87. The molecule has 1 nitrogen and oxygen atoms in total. The normalized spacial score (nSPS) is 26.0. The molecule has 1 unspecified atom stereocenters. The molecular formula is C15H21F2N. The number of hydrogen-bond donors (Lipinski definition) is 1. The van der Waals surface area contributed by atoms with Gasteiger partial charge >= 0.3 is 0 Å². The Balaban J connectivity index is 1.97. The van der Waals surface area contributed by atoms with Gasteiger partial charge < -0.3 is 5.32 Å². The average molecular weight is 253 g/mol. The molecular weight excluding hydrogens is 232 g/mol. The number of halogens is 2. The van der Waals surface area contributed by atoms with Gasteiger partial charge in [-0.2, -0.15) is 0 Å². The van der Waals surface area contributed by atoms with Gasteiger partial charge in [-0.25, -0.2) is 8.78 Å². The van der Waals surface area contributed by atoms with Crippen molar-refractivity contribution >= 4 is 0 Å². The summed E-state index contributed by atoms with van der Waals surface area (Å²) in [6.07, 6.45) is 4.76. The highest BCUT2D eigenvalue weighted by atomic mass is 19.1. The Morgan fingerprint density at radius 1 is 1.17 bits per heavy atom. The highest BCUT2D eigenvalue weighted by Crippen LogP contribution is 2.26. The lowest BCUT2D eigenvalue weighted by Gasteiger charge is -2.30. The van der Waals surface area contributed by atoms with E-state index in [1.165, 1.54) is 25.0 Å². The summed E-state index contributed by atoms with van der Waals surface area (Å²) in [4.78, 5) is 0. The van der Waals surface area contributed by atoms with Crippen molar-refractivity contribution in [1.82, 2.24) is 5.32 Å². The second-order valence-electron chi connectivity index (χ2n) is 5.51. The van der Waals surface area contributed by atoms with Gasteiger partial charge in [-0.15, -0.1) is 0 Å². The first-order valence-corrected chi connectivity index (χ1v) is 6.77. The zero-order valence-corrected chi connectivity index (χ0v) is 11.0. The van der Waals surface area contributed by atoms with Crippen LogP contribution in [0.3, 0.4) is 0 Å². The zero-order chi connectivity index (χ0) is 13.1. The van der Waals surface area contributed by atoms with Gasteiger partial charge in [-0.05, 0) is 44.6 Å². The van der Waals surface area contributed by atoms with Gasteiger partial charge in [0.15, 0.2) is 0 Å². The largest absolute Gasteiger partial charge is 0.307 e. The lowest BCUT2D eigenvalue weighted by Crippen LogP contribution is -2.34. The van der Waals surface area contributed by atoms with E-state index in [2.05, 4.69) is 12.2 Å². The quantitative estimate of drug-likeness (QED) is 0.851. The molecule has 0 heterocycles. The van der Waals surface area contributed by atoms with Crippen LogP contribution in [0.1, 0.15) is 51.1 Å². The predicted molar refractivity (Wildman–Crippen MR) is 69.3 cm³/mol. The molecule has 1 atom stereocenters. The number of hydrogen-bond acceptors (Lipinski definition) is 1. The Labute approximate surface area is 108 Å². The predicted octanol–water partition coefficient (Wildman–Crippen LogP) is 4.19. The van der Waals surface area contributed by atoms with E-state index < -0.39 is 11.6 Å². The molecule has 1 aromatic carbocycles. The maximum absolute atomic E-state index is 13.6. The number of benzene rings is 1. The summed E-state index contributed by atoms with van der Waals surface area (Å²) in [6.45, 7) is 4.22. The van der Waals surface area contributed by atoms with Crippen molar-refractivity contribution in [3.05, 3.63) is 35.4 Å². The molecule has 1 aliphatic carbocycles. The third-order valence-electron chi connectivity index (χ3n) is 3.93. The third-order valence-corrected chi connectivity index (χ3v) is 3.93. The molecule has 1 aromatic rings. The van der Waals surface area contributed by atoms with E-state index in [0.29, 0.717) is 11.6 Å². The van der Waals surface area contributed by atoms with Gasteiger partial charge in [-0.1, -0.05) is 13.0 Å². The monoisotopic (exact) mass is 253 g/mol. The molecule has 1 saturated carbocycles. The van der Waals surface area contributed by atoms with Gasteiger partial charge in [0, 0.05) is 23.7 Å². The number of nitrogens with one attached hydrogen (secondary N) is 1. The summed E-state index contributed by atoms with van der Waals surface area (Å²) in [6, 6.07) is 4.20. The van der Waals surface area contributed by atoms with Crippen molar-refractivity contribution in [2.45, 2.75) is 51.6 Å². The fourth-order valence-electron chi connectivity index (χ4n) is 2.72. The molecule has 1 aliphatic rings. The second-order valence-corrected chi connectivity index (χ2v) is 5.51. The van der Waals surface area contributed by atoms with Gasteiger partial charge in [0.05, 0.1) is 0 Å². The summed E-state index contributed by atoms with van der Waals surface area (Å²) in [7, 11) is 0. The minimum atomic E-state index is -0.519. The Morgan fingerprint density at radius 2 is 1.83 bits per heavy atom. The fourth-order valence-corrected chi connectivity index (χ4v) is 2.72. The van der Waals surface area contributed by atoms with Crippen LogP contribution in [-0.4, -0.2) is 6.04 Å². The molecule has 100 valence electrons.